The van der Waals surface area contributed by atoms with Gasteiger partial charge in [0.15, 0.2) is 5.78 Å². The molecule has 0 saturated heterocycles. The van der Waals surface area contributed by atoms with E-state index in [1.165, 1.54) is 6.07 Å². The van der Waals surface area contributed by atoms with Gasteiger partial charge in [-0.25, -0.2) is 8.78 Å². The molecule has 0 amide bonds. The molecular weight excluding hydrogens is 210 g/mol. The fourth-order valence-electron chi connectivity index (χ4n) is 2.38. The topological polar surface area (TPSA) is 17.1 Å². The first kappa shape index (κ1) is 11.2. The standard InChI is InChI=1S/C13H14F2O/c1-8-5-6-9(7-8)13(16)12-10(14)3-2-4-11(12)15/h2-4,8-9H,5-7H2,1H3. The predicted molar refractivity (Wildman–Crippen MR) is 57.2 cm³/mol. The maximum absolute atomic E-state index is 13.4. The predicted octanol–water partition coefficient (Wildman–Crippen LogP) is 3.58. The summed E-state index contributed by atoms with van der Waals surface area (Å²) in [6.07, 6.45) is 2.45. The second-order valence-corrected chi connectivity index (χ2v) is 4.58. The largest absolute Gasteiger partial charge is 0.294 e. The van der Waals surface area contributed by atoms with Crippen molar-refractivity contribution < 1.29 is 13.6 Å². The molecule has 0 aromatic heterocycles. The van der Waals surface area contributed by atoms with Crippen molar-refractivity contribution in [2.45, 2.75) is 26.2 Å². The van der Waals surface area contributed by atoms with Gasteiger partial charge in [-0.2, -0.15) is 0 Å². The van der Waals surface area contributed by atoms with Crippen LogP contribution >= 0.6 is 0 Å². The summed E-state index contributed by atoms with van der Waals surface area (Å²) in [6, 6.07) is 3.54. The molecule has 1 nitrogen and oxygen atoms in total. The Hall–Kier alpha value is -1.25. The molecule has 1 aromatic rings. The van der Waals surface area contributed by atoms with Gasteiger partial charge in [-0.1, -0.05) is 13.0 Å². The van der Waals surface area contributed by atoms with E-state index >= 15 is 0 Å². The van der Waals surface area contributed by atoms with Gasteiger partial charge in [-0.15, -0.1) is 0 Å². The summed E-state index contributed by atoms with van der Waals surface area (Å²) in [5.74, 6) is -1.60. The highest BCUT2D eigenvalue weighted by molar-refractivity contribution is 5.98. The second kappa shape index (κ2) is 4.32. The first-order valence-corrected chi connectivity index (χ1v) is 5.58. The van der Waals surface area contributed by atoms with Gasteiger partial charge in [-0.05, 0) is 37.3 Å². The number of halogens is 2. The second-order valence-electron chi connectivity index (χ2n) is 4.58. The lowest BCUT2D eigenvalue weighted by atomic mass is 9.94. The number of rotatable bonds is 2. The smallest absolute Gasteiger partial charge is 0.171 e. The van der Waals surface area contributed by atoms with Gasteiger partial charge in [0.25, 0.3) is 0 Å². The van der Waals surface area contributed by atoms with Crippen LogP contribution in [0.25, 0.3) is 0 Å². The van der Waals surface area contributed by atoms with Crippen LogP contribution in [-0.4, -0.2) is 5.78 Å². The summed E-state index contributed by atoms with van der Waals surface area (Å²) in [6.45, 7) is 2.06. The Morgan fingerprint density at radius 2 is 1.88 bits per heavy atom. The maximum Gasteiger partial charge on any atom is 0.171 e. The third kappa shape index (κ3) is 1.99. The Kier molecular flexibility index (Phi) is 3.03. The molecule has 2 rings (SSSR count). The molecule has 0 bridgehead atoms. The Morgan fingerprint density at radius 1 is 1.25 bits per heavy atom. The van der Waals surface area contributed by atoms with Crippen molar-refractivity contribution >= 4 is 5.78 Å². The van der Waals surface area contributed by atoms with Crippen molar-refractivity contribution in [1.82, 2.24) is 0 Å². The van der Waals surface area contributed by atoms with E-state index in [1.807, 2.05) is 0 Å². The molecule has 86 valence electrons. The van der Waals surface area contributed by atoms with Gasteiger partial charge in [-0.3, -0.25) is 4.79 Å². The SMILES string of the molecule is CC1CCC(C(=O)c2c(F)cccc2F)C1. The molecule has 0 spiro atoms. The highest BCUT2D eigenvalue weighted by Gasteiger charge is 2.31. The monoisotopic (exact) mass is 224 g/mol. The fourth-order valence-corrected chi connectivity index (χ4v) is 2.38. The van der Waals surface area contributed by atoms with Crippen LogP contribution < -0.4 is 0 Å². The molecule has 0 aliphatic heterocycles. The van der Waals surface area contributed by atoms with Gasteiger partial charge in [0.05, 0.1) is 5.56 Å². The summed E-state index contributed by atoms with van der Waals surface area (Å²) in [5.41, 5.74) is -0.360. The Bertz CT molecular complexity index is 394. The molecular formula is C13H14F2O. The van der Waals surface area contributed by atoms with Crippen molar-refractivity contribution in [3.05, 3.63) is 35.4 Å². The first-order chi connectivity index (χ1) is 7.59. The number of benzene rings is 1. The number of ketones is 1. The Morgan fingerprint density at radius 3 is 2.38 bits per heavy atom. The third-order valence-electron chi connectivity index (χ3n) is 3.27. The number of hydrogen-bond donors (Lipinski definition) is 0. The normalized spacial score (nSPS) is 24.7. The Labute approximate surface area is 93.5 Å². The molecule has 16 heavy (non-hydrogen) atoms. The van der Waals surface area contributed by atoms with Crippen molar-refractivity contribution in [3.8, 4) is 0 Å². The molecule has 2 unspecified atom stereocenters. The lowest BCUT2D eigenvalue weighted by Crippen LogP contribution is -2.15. The quantitative estimate of drug-likeness (QED) is 0.702. The highest BCUT2D eigenvalue weighted by atomic mass is 19.1. The van der Waals surface area contributed by atoms with Crippen LogP contribution in [0.3, 0.4) is 0 Å². The zero-order valence-electron chi connectivity index (χ0n) is 9.17. The zero-order chi connectivity index (χ0) is 11.7. The van der Waals surface area contributed by atoms with E-state index in [0.717, 1.165) is 31.4 Å². The molecule has 1 saturated carbocycles. The van der Waals surface area contributed by atoms with Crippen LogP contribution in [0.5, 0.6) is 0 Å². The number of carbonyl (C=O) groups excluding carboxylic acids is 1. The van der Waals surface area contributed by atoms with Crippen LogP contribution in [0.1, 0.15) is 36.5 Å². The van der Waals surface area contributed by atoms with Crippen molar-refractivity contribution in [2.75, 3.05) is 0 Å². The van der Waals surface area contributed by atoms with Crippen LogP contribution in [0.2, 0.25) is 0 Å². The van der Waals surface area contributed by atoms with E-state index in [2.05, 4.69) is 6.92 Å². The number of carbonyl (C=O) groups is 1. The summed E-state index contributed by atoms with van der Waals surface area (Å²) >= 11 is 0. The molecule has 3 heteroatoms. The summed E-state index contributed by atoms with van der Waals surface area (Å²) < 4.78 is 26.8. The maximum atomic E-state index is 13.4. The molecule has 0 heterocycles. The number of hydrogen-bond acceptors (Lipinski definition) is 1. The Balaban J connectivity index is 2.27. The lowest BCUT2D eigenvalue weighted by Gasteiger charge is -2.09. The van der Waals surface area contributed by atoms with Crippen molar-refractivity contribution in [1.29, 1.82) is 0 Å². The first-order valence-electron chi connectivity index (χ1n) is 5.58. The molecule has 1 aliphatic rings. The minimum atomic E-state index is -0.746. The zero-order valence-corrected chi connectivity index (χ0v) is 9.17. The van der Waals surface area contributed by atoms with Crippen LogP contribution in [-0.2, 0) is 0 Å². The summed E-state index contributed by atoms with van der Waals surface area (Å²) in [4.78, 5) is 12.0. The van der Waals surface area contributed by atoms with E-state index < -0.39 is 11.6 Å². The summed E-state index contributed by atoms with van der Waals surface area (Å²) in [5, 5.41) is 0. The highest BCUT2D eigenvalue weighted by Crippen LogP contribution is 2.33. The van der Waals surface area contributed by atoms with E-state index in [4.69, 9.17) is 0 Å². The summed E-state index contributed by atoms with van der Waals surface area (Å²) in [7, 11) is 0. The van der Waals surface area contributed by atoms with Gasteiger partial charge in [0.2, 0.25) is 0 Å². The third-order valence-corrected chi connectivity index (χ3v) is 3.27. The van der Waals surface area contributed by atoms with Crippen LogP contribution in [0, 0.1) is 23.5 Å². The molecule has 0 radical (unpaired) electrons. The fraction of sp³-hybridized carbons (Fsp3) is 0.462. The molecule has 1 aromatic carbocycles. The van der Waals surface area contributed by atoms with Gasteiger partial charge in [0.1, 0.15) is 11.6 Å². The van der Waals surface area contributed by atoms with E-state index in [9.17, 15) is 13.6 Å². The van der Waals surface area contributed by atoms with E-state index in [0.29, 0.717) is 5.92 Å². The van der Waals surface area contributed by atoms with Crippen molar-refractivity contribution in [3.63, 3.8) is 0 Å². The van der Waals surface area contributed by atoms with Gasteiger partial charge in [0, 0.05) is 5.92 Å². The minimum Gasteiger partial charge on any atom is -0.294 e. The number of Topliss-reactive ketones (excluding diaryl/α,β-unsaturated/α-hetero) is 1. The van der Waals surface area contributed by atoms with Crippen LogP contribution in [0.15, 0.2) is 18.2 Å². The molecule has 0 N–H and O–H groups in total. The van der Waals surface area contributed by atoms with E-state index in [-0.39, 0.29) is 17.3 Å². The van der Waals surface area contributed by atoms with Gasteiger partial charge >= 0.3 is 0 Å². The van der Waals surface area contributed by atoms with Crippen molar-refractivity contribution in [2.24, 2.45) is 11.8 Å². The molecule has 1 fully saturated rings. The molecule has 2 atom stereocenters. The van der Waals surface area contributed by atoms with Gasteiger partial charge < -0.3 is 0 Å². The molecule has 1 aliphatic carbocycles. The average Bonchev–Trinajstić information content (AvgIpc) is 2.64. The average molecular weight is 224 g/mol. The minimum absolute atomic E-state index is 0.207. The van der Waals surface area contributed by atoms with Crippen LogP contribution in [0.4, 0.5) is 8.78 Å². The lowest BCUT2D eigenvalue weighted by molar-refractivity contribution is 0.0912. The van der Waals surface area contributed by atoms with E-state index in [1.54, 1.807) is 0 Å².